The summed E-state index contributed by atoms with van der Waals surface area (Å²) in [7, 11) is 0. The molecule has 5 heteroatoms. The zero-order valence-corrected chi connectivity index (χ0v) is 13.0. The van der Waals surface area contributed by atoms with E-state index in [0.717, 1.165) is 10.2 Å². The SMILES string of the molecule is O=C(Cc1ccc(Br)cn1)Cc1c(Cl)cccc1Cl. The molecule has 19 heavy (non-hydrogen) atoms. The van der Waals surface area contributed by atoms with Gasteiger partial charge in [0.2, 0.25) is 0 Å². The molecule has 0 fully saturated rings. The van der Waals surface area contributed by atoms with Crippen molar-refractivity contribution in [2.24, 2.45) is 0 Å². The number of rotatable bonds is 4. The lowest BCUT2D eigenvalue weighted by molar-refractivity contribution is -0.117. The van der Waals surface area contributed by atoms with E-state index in [-0.39, 0.29) is 18.6 Å². The van der Waals surface area contributed by atoms with Crippen LogP contribution in [0.2, 0.25) is 10.0 Å². The molecule has 0 aliphatic carbocycles. The van der Waals surface area contributed by atoms with E-state index in [1.165, 1.54) is 0 Å². The number of carbonyl (C=O) groups excluding carboxylic acids is 1. The second-order valence-corrected chi connectivity index (χ2v) is 5.79. The fraction of sp³-hybridized carbons (Fsp3) is 0.143. The first-order valence-corrected chi connectivity index (χ1v) is 7.16. The first-order valence-electron chi connectivity index (χ1n) is 5.61. The fourth-order valence-electron chi connectivity index (χ4n) is 1.67. The predicted molar refractivity (Wildman–Crippen MR) is 80.8 cm³/mol. The second kappa shape index (κ2) is 6.51. The Bertz CT molecular complexity index is 579. The van der Waals surface area contributed by atoms with Gasteiger partial charge in [0.15, 0.2) is 0 Å². The molecule has 1 heterocycles. The highest BCUT2D eigenvalue weighted by molar-refractivity contribution is 9.10. The molecule has 0 amide bonds. The highest BCUT2D eigenvalue weighted by Gasteiger charge is 2.11. The van der Waals surface area contributed by atoms with Crippen molar-refractivity contribution in [2.75, 3.05) is 0 Å². The first-order chi connectivity index (χ1) is 9.06. The molecule has 1 aromatic heterocycles. The zero-order chi connectivity index (χ0) is 13.8. The summed E-state index contributed by atoms with van der Waals surface area (Å²) in [4.78, 5) is 16.2. The van der Waals surface area contributed by atoms with Crippen LogP contribution in [0.15, 0.2) is 41.0 Å². The maximum absolute atomic E-state index is 12.0. The summed E-state index contributed by atoms with van der Waals surface area (Å²) in [6, 6.07) is 8.89. The van der Waals surface area contributed by atoms with E-state index in [2.05, 4.69) is 20.9 Å². The Kier molecular flexibility index (Phi) is 4.97. The normalized spacial score (nSPS) is 10.5. The van der Waals surface area contributed by atoms with Gasteiger partial charge < -0.3 is 0 Å². The first kappa shape index (κ1) is 14.5. The number of benzene rings is 1. The number of hydrogen-bond acceptors (Lipinski definition) is 2. The molecule has 0 saturated carbocycles. The molecule has 2 aromatic rings. The smallest absolute Gasteiger partial charge is 0.143 e. The number of ketones is 1. The number of pyridine rings is 1. The standard InChI is InChI=1S/C14H10BrCl2NO/c15-9-4-5-10(18-8-9)6-11(19)7-12-13(16)2-1-3-14(12)17/h1-5,8H,6-7H2. The van der Waals surface area contributed by atoms with E-state index in [0.29, 0.717) is 15.6 Å². The zero-order valence-electron chi connectivity index (χ0n) is 9.87. The highest BCUT2D eigenvalue weighted by Crippen LogP contribution is 2.25. The van der Waals surface area contributed by atoms with Crippen LogP contribution in [0.5, 0.6) is 0 Å². The van der Waals surface area contributed by atoms with Gasteiger partial charge in [-0.3, -0.25) is 9.78 Å². The lowest BCUT2D eigenvalue weighted by Crippen LogP contribution is -2.08. The van der Waals surface area contributed by atoms with Crippen molar-refractivity contribution in [1.82, 2.24) is 4.98 Å². The molecule has 0 atom stereocenters. The van der Waals surface area contributed by atoms with Gasteiger partial charge in [-0.05, 0) is 45.8 Å². The second-order valence-electron chi connectivity index (χ2n) is 4.06. The van der Waals surface area contributed by atoms with Gasteiger partial charge in [-0.25, -0.2) is 0 Å². The Labute approximate surface area is 129 Å². The molecule has 98 valence electrons. The van der Waals surface area contributed by atoms with Crippen LogP contribution < -0.4 is 0 Å². The maximum Gasteiger partial charge on any atom is 0.143 e. The minimum absolute atomic E-state index is 0.0322. The maximum atomic E-state index is 12.0. The van der Waals surface area contributed by atoms with Crippen LogP contribution in [0, 0.1) is 0 Å². The van der Waals surface area contributed by atoms with Gasteiger partial charge in [0.1, 0.15) is 5.78 Å². The van der Waals surface area contributed by atoms with Gasteiger partial charge >= 0.3 is 0 Å². The Morgan fingerprint density at radius 1 is 1.11 bits per heavy atom. The number of hydrogen-bond donors (Lipinski definition) is 0. The molecule has 2 rings (SSSR count). The molecule has 0 N–H and O–H groups in total. The lowest BCUT2D eigenvalue weighted by atomic mass is 10.1. The van der Waals surface area contributed by atoms with Gasteiger partial charge in [-0.2, -0.15) is 0 Å². The van der Waals surface area contributed by atoms with Crippen molar-refractivity contribution in [3.05, 3.63) is 62.3 Å². The van der Waals surface area contributed by atoms with Crippen LogP contribution >= 0.6 is 39.1 Å². The molecule has 0 aliphatic heterocycles. The van der Waals surface area contributed by atoms with Crippen molar-refractivity contribution < 1.29 is 4.79 Å². The largest absolute Gasteiger partial charge is 0.299 e. The Balaban J connectivity index is 2.07. The molecule has 0 unspecified atom stereocenters. The molecule has 0 saturated heterocycles. The van der Waals surface area contributed by atoms with Crippen LogP contribution in [0.3, 0.4) is 0 Å². The Morgan fingerprint density at radius 2 is 1.79 bits per heavy atom. The quantitative estimate of drug-likeness (QED) is 0.805. The summed E-state index contributed by atoms with van der Waals surface area (Å²) < 4.78 is 0.887. The monoisotopic (exact) mass is 357 g/mol. The average Bonchev–Trinajstić information content (AvgIpc) is 2.37. The van der Waals surface area contributed by atoms with Crippen molar-refractivity contribution in [2.45, 2.75) is 12.8 Å². The summed E-state index contributed by atoms with van der Waals surface area (Å²) in [5.74, 6) is 0.0322. The van der Waals surface area contributed by atoms with E-state index in [1.54, 1.807) is 24.4 Å². The third kappa shape index (κ3) is 4.03. The van der Waals surface area contributed by atoms with Crippen molar-refractivity contribution in [1.29, 1.82) is 0 Å². The molecular weight excluding hydrogens is 349 g/mol. The predicted octanol–water partition coefficient (Wildman–Crippen LogP) is 4.51. The fourth-order valence-corrected chi connectivity index (χ4v) is 2.44. The molecule has 0 spiro atoms. The Morgan fingerprint density at radius 3 is 2.37 bits per heavy atom. The van der Waals surface area contributed by atoms with Crippen molar-refractivity contribution in [3.8, 4) is 0 Å². The van der Waals surface area contributed by atoms with E-state index >= 15 is 0 Å². The van der Waals surface area contributed by atoms with Gasteiger partial charge in [0, 0.05) is 39.3 Å². The van der Waals surface area contributed by atoms with E-state index in [4.69, 9.17) is 23.2 Å². The van der Waals surface area contributed by atoms with Crippen molar-refractivity contribution >= 4 is 44.9 Å². The van der Waals surface area contributed by atoms with E-state index in [1.807, 2.05) is 12.1 Å². The van der Waals surface area contributed by atoms with E-state index in [9.17, 15) is 4.79 Å². The average molecular weight is 359 g/mol. The van der Waals surface area contributed by atoms with Crippen LogP contribution in [-0.4, -0.2) is 10.8 Å². The van der Waals surface area contributed by atoms with Gasteiger partial charge in [0.25, 0.3) is 0 Å². The summed E-state index contributed by atoms with van der Waals surface area (Å²) in [5, 5.41) is 1.04. The molecule has 0 radical (unpaired) electrons. The van der Waals surface area contributed by atoms with Crippen molar-refractivity contribution in [3.63, 3.8) is 0 Å². The molecule has 0 aliphatic rings. The minimum Gasteiger partial charge on any atom is -0.299 e. The molecule has 1 aromatic carbocycles. The van der Waals surface area contributed by atoms with Crippen LogP contribution in [0.4, 0.5) is 0 Å². The number of Topliss-reactive ketones (excluding diaryl/α,β-unsaturated/α-hetero) is 1. The van der Waals surface area contributed by atoms with Gasteiger partial charge in [0.05, 0.1) is 0 Å². The van der Waals surface area contributed by atoms with Gasteiger partial charge in [-0.15, -0.1) is 0 Å². The summed E-state index contributed by atoms with van der Waals surface area (Å²) in [6.45, 7) is 0. The number of nitrogens with zero attached hydrogens (tertiary/aromatic N) is 1. The molecule has 0 bridgehead atoms. The lowest BCUT2D eigenvalue weighted by Gasteiger charge is -2.06. The van der Waals surface area contributed by atoms with Crippen LogP contribution in [0.25, 0.3) is 0 Å². The minimum atomic E-state index is 0.0322. The number of aromatic nitrogens is 1. The third-order valence-electron chi connectivity index (χ3n) is 2.60. The summed E-state index contributed by atoms with van der Waals surface area (Å²) >= 11 is 15.4. The molecular formula is C14H10BrCl2NO. The molecule has 2 nitrogen and oxygen atoms in total. The summed E-state index contributed by atoms with van der Waals surface area (Å²) in [6.07, 6.45) is 2.16. The van der Waals surface area contributed by atoms with Gasteiger partial charge in [-0.1, -0.05) is 29.3 Å². The third-order valence-corrected chi connectivity index (χ3v) is 3.78. The summed E-state index contributed by atoms with van der Waals surface area (Å²) in [5.41, 5.74) is 1.41. The van der Waals surface area contributed by atoms with E-state index < -0.39 is 0 Å². The van der Waals surface area contributed by atoms with Crippen LogP contribution in [-0.2, 0) is 17.6 Å². The number of halogens is 3. The van der Waals surface area contributed by atoms with Crippen LogP contribution in [0.1, 0.15) is 11.3 Å². The topological polar surface area (TPSA) is 30.0 Å². The Hall–Kier alpha value is -0.900. The number of carbonyl (C=O) groups is 1. The highest BCUT2D eigenvalue weighted by atomic mass is 79.9.